The minimum atomic E-state index is -0.303. The van der Waals surface area contributed by atoms with E-state index >= 15 is 0 Å². The van der Waals surface area contributed by atoms with Crippen molar-refractivity contribution in [2.45, 2.75) is 20.8 Å². The van der Waals surface area contributed by atoms with Crippen molar-refractivity contribution in [2.75, 3.05) is 4.90 Å². The van der Waals surface area contributed by atoms with Gasteiger partial charge in [-0.2, -0.15) is 0 Å². The van der Waals surface area contributed by atoms with Crippen LogP contribution < -0.4 is 4.90 Å². The van der Waals surface area contributed by atoms with Gasteiger partial charge in [0, 0.05) is 6.20 Å². The predicted octanol–water partition coefficient (Wildman–Crippen LogP) is 5.56. The third-order valence-corrected chi connectivity index (χ3v) is 4.46. The number of halogens is 1. The lowest BCUT2D eigenvalue weighted by Gasteiger charge is -2.27. The summed E-state index contributed by atoms with van der Waals surface area (Å²) in [6.45, 7) is 6.16. The Morgan fingerprint density at radius 2 is 1.63 bits per heavy atom. The number of pyridine rings is 1. The number of benzene rings is 2. The molecule has 4 rings (SSSR count). The summed E-state index contributed by atoms with van der Waals surface area (Å²) >= 11 is 0. The Bertz CT molecular complexity index is 1120. The van der Waals surface area contributed by atoms with E-state index in [2.05, 4.69) is 29.0 Å². The molecule has 0 fully saturated rings. The van der Waals surface area contributed by atoms with Gasteiger partial charge < -0.3 is 0 Å². The molecule has 0 aliphatic heterocycles. The van der Waals surface area contributed by atoms with E-state index in [1.807, 2.05) is 36.9 Å². The van der Waals surface area contributed by atoms with Crippen molar-refractivity contribution >= 4 is 28.4 Å². The summed E-state index contributed by atoms with van der Waals surface area (Å²) in [4.78, 5) is 15.4. The number of aromatic nitrogens is 3. The SMILES string of the molecule is Cc1cc(C)c(N(c2cccc(F)c2)c2ncc3ncccc3n2)c(C)c1. The maximum atomic E-state index is 14.0. The lowest BCUT2D eigenvalue weighted by molar-refractivity contribution is 0.628. The van der Waals surface area contributed by atoms with Gasteiger partial charge in [-0.05, 0) is 62.2 Å². The van der Waals surface area contributed by atoms with Crippen molar-refractivity contribution < 1.29 is 4.39 Å². The van der Waals surface area contributed by atoms with Gasteiger partial charge in [0.25, 0.3) is 0 Å². The van der Waals surface area contributed by atoms with E-state index in [4.69, 9.17) is 4.98 Å². The molecule has 4 nitrogen and oxygen atoms in total. The van der Waals surface area contributed by atoms with Gasteiger partial charge in [-0.15, -0.1) is 0 Å². The van der Waals surface area contributed by atoms with E-state index < -0.39 is 0 Å². The second-order valence-corrected chi connectivity index (χ2v) is 6.64. The minimum absolute atomic E-state index is 0.303. The van der Waals surface area contributed by atoms with Crippen molar-refractivity contribution in [2.24, 2.45) is 0 Å². The van der Waals surface area contributed by atoms with Gasteiger partial charge in [0.1, 0.15) is 11.3 Å². The highest BCUT2D eigenvalue weighted by atomic mass is 19.1. The van der Waals surface area contributed by atoms with Crippen LogP contribution in [0.25, 0.3) is 11.0 Å². The van der Waals surface area contributed by atoms with Crippen LogP contribution in [0.15, 0.2) is 60.9 Å². The molecule has 0 radical (unpaired) electrons. The summed E-state index contributed by atoms with van der Waals surface area (Å²) in [5, 5.41) is 0. The maximum Gasteiger partial charge on any atom is 0.235 e. The van der Waals surface area contributed by atoms with Gasteiger partial charge in [0.05, 0.1) is 23.1 Å². The van der Waals surface area contributed by atoms with Crippen molar-refractivity contribution in [1.29, 1.82) is 0 Å². The summed E-state index contributed by atoms with van der Waals surface area (Å²) in [5.41, 5.74) is 6.42. The van der Waals surface area contributed by atoms with E-state index in [1.54, 1.807) is 18.5 Å². The van der Waals surface area contributed by atoms with Gasteiger partial charge in [-0.3, -0.25) is 9.88 Å². The van der Waals surface area contributed by atoms with Gasteiger partial charge in [-0.1, -0.05) is 23.8 Å². The Balaban J connectivity index is 1.98. The fourth-order valence-corrected chi connectivity index (χ4v) is 3.45. The first kappa shape index (κ1) is 17.1. The van der Waals surface area contributed by atoms with Gasteiger partial charge in [-0.25, -0.2) is 14.4 Å². The fraction of sp³-hybridized carbons (Fsp3) is 0.136. The van der Waals surface area contributed by atoms with Crippen LogP contribution >= 0.6 is 0 Å². The fourth-order valence-electron chi connectivity index (χ4n) is 3.45. The lowest BCUT2D eigenvalue weighted by Crippen LogP contribution is -2.16. The zero-order valence-corrected chi connectivity index (χ0v) is 15.4. The van der Waals surface area contributed by atoms with Crippen LogP contribution in [-0.2, 0) is 0 Å². The molecule has 2 aromatic carbocycles. The first-order valence-corrected chi connectivity index (χ1v) is 8.74. The summed E-state index contributed by atoms with van der Waals surface area (Å²) in [6.07, 6.45) is 3.41. The average Bonchev–Trinajstić information content (AvgIpc) is 2.64. The number of aryl methyl sites for hydroxylation is 3. The number of hydrogen-bond donors (Lipinski definition) is 0. The number of hydrogen-bond acceptors (Lipinski definition) is 4. The van der Waals surface area contributed by atoms with Crippen LogP contribution in [0.1, 0.15) is 16.7 Å². The monoisotopic (exact) mass is 358 g/mol. The highest BCUT2D eigenvalue weighted by Gasteiger charge is 2.20. The van der Waals surface area contributed by atoms with Crippen LogP contribution in [0.4, 0.5) is 21.7 Å². The van der Waals surface area contributed by atoms with Crippen LogP contribution in [-0.4, -0.2) is 15.0 Å². The molecule has 134 valence electrons. The van der Waals surface area contributed by atoms with E-state index in [1.165, 1.54) is 17.7 Å². The zero-order chi connectivity index (χ0) is 19.0. The molecule has 4 aromatic rings. The second-order valence-electron chi connectivity index (χ2n) is 6.64. The van der Waals surface area contributed by atoms with Crippen LogP contribution in [0.5, 0.6) is 0 Å². The van der Waals surface area contributed by atoms with Crippen molar-refractivity contribution in [3.8, 4) is 0 Å². The molecule has 0 amide bonds. The highest BCUT2D eigenvalue weighted by molar-refractivity contribution is 5.81. The van der Waals surface area contributed by atoms with E-state index in [-0.39, 0.29) is 5.82 Å². The van der Waals surface area contributed by atoms with Gasteiger partial charge in [0.15, 0.2) is 0 Å². The molecule has 0 bridgehead atoms. The molecule has 2 aromatic heterocycles. The number of nitrogens with zero attached hydrogens (tertiary/aromatic N) is 4. The molecule has 0 atom stereocenters. The molecule has 2 heterocycles. The predicted molar refractivity (Wildman–Crippen MR) is 106 cm³/mol. The first-order chi connectivity index (χ1) is 13.0. The number of rotatable bonds is 3. The summed E-state index contributed by atoms with van der Waals surface area (Å²) in [5.74, 6) is 0.179. The molecular formula is C22H19FN4. The number of anilines is 3. The third-order valence-electron chi connectivity index (χ3n) is 4.46. The van der Waals surface area contributed by atoms with Crippen molar-refractivity contribution in [3.63, 3.8) is 0 Å². The van der Waals surface area contributed by atoms with E-state index in [0.29, 0.717) is 11.6 Å². The Hall–Kier alpha value is -3.34. The zero-order valence-electron chi connectivity index (χ0n) is 15.4. The lowest BCUT2D eigenvalue weighted by atomic mass is 10.0. The molecule has 27 heavy (non-hydrogen) atoms. The summed E-state index contributed by atoms with van der Waals surface area (Å²) < 4.78 is 14.0. The Morgan fingerprint density at radius 1 is 0.852 bits per heavy atom. The van der Waals surface area contributed by atoms with Crippen molar-refractivity contribution in [3.05, 3.63) is 83.4 Å². The molecule has 0 aliphatic rings. The smallest absolute Gasteiger partial charge is 0.235 e. The average molecular weight is 358 g/mol. The van der Waals surface area contributed by atoms with Gasteiger partial charge in [0.2, 0.25) is 5.95 Å². The first-order valence-electron chi connectivity index (χ1n) is 8.74. The maximum absolute atomic E-state index is 14.0. The molecule has 0 saturated heterocycles. The highest BCUT2D eigenvalue weighted by Crippen LogP contribution is 2.37. The Kier molecular flexibility index (Phi) is 4.28. The standard InChI is InChI=1S/C22H19FN4/c1-14-10-15(2)21(16(3)11-14)27(18-7-4-6-17(23)12-18)22-25-13-20-19(26-22)8-5-9-24-20/h4-13H,1-3H3. The normalized spacial score (nSPS) is 11.0. The topological polar surface area (TPSA) is 41.9 Å². The molecule has 0 spiro atoms. The molecule has 0 unspecified atom stereocenters. The van der Waals surface area contributed by atoms with Gasteiger partial charge >= 0.3 is 0 Å². The van der Waals surface area contributed by atoms with Crippen LogP contribution in [0.3, 0.4) is 0 Å². The second kappa shape index (κ2) is 6.76. The molecular weight excluding hydrogens is 339 g/mol. The molecule has 0 saturated carbocycles. The minimum Gasteiger partial charge on any atom is -0.279 e. The Labute approximate surface area is 157 Å². The third kappa shape index (κ3) is 3.24. The molecule has 0 aliphatic carbocycles. The summed E-state index contributed by atoms with van der Waals surface area (Å²) in [7, 11) is 0. The van der Waals surface area contributed by atoms with E-state index in [9.17, 15) is 4.39 Å². The molecule has 5 heteroatoms. The number of fused-ring (bicyclic) bond motifs is 1. The van der Waals surface area contributed by atoms with E-state index in [0.717, 1.165) is 27.8 Å². The molecule has 0 N–H and O–H groups in total. The largest absolute Gasteiger partial charge is 0.279 e. The van der Waals surface area contributed by atoms with Crippen molar-refractivity contribution in [1.82, 2.24) is 15.0 Å². The van der Waals surface area contributed by atoms with Crippen LogP contribution in [0.2, 0.25) is 0 Å². The van der Waals surface area contributed by atoms with Crippen LogP contribution in [0, 0.1) is 26.6 Å². The quantitative estimate of drug-likeness (QED) is 0.481. The Morgan fingerprint density at radius 3 is 2.37 bits per heavy atom. The summed E-state index contributed by atoms with van der Waals surface area (Å²) in [6, 6.07) is 14.4.